The van der Waals surface area contributed by atoms with E-state index < -0.39 is 17.8 Å². The lowest BCUT2D eigenvalue weighted by molar-refractivity contribution is -0.147. The highest BCUT2D eigenvalue weighted by Gasteiger charge is 2.35. The number of nitrogens with one attached hydrogen (secondary N) is 1. The Balaban J connectivity index is 2.14. The molecule has 1 aromatic carbocycles. The fraction of sp³-hybridized carbons (Fsp3) is 0.467. The summed E-state index contributed by atoms with van der Waals surface area (Å²) >= 11 is 5.92. The minimum Gasteiger partial charge on any atom is -0.481 e. The quantitative estimate of drug-likeness (QED) is 0.897. The monoisotopic (exact) mass is 295 g/mol. The molecule has 0 saturated heterocycles. The van der Waals surface area contributed by atoms with Crippen molar-refractivity contribution >= 4 is 29.2 Å². The molecule has 2 atom stereocenters. The summed E-state index contributed by atoms with van der Waals surface area (Å²) in [5, 5.41) is 12.6. The zero-order valence-corrected chi connectivity index (χ0v) is 12.1. The number of aliphatic carboxylic acids is 1. The van der Waals surface area contributed by atoms with Crippen molar-refractivity contribution in [3.63, 3.8) is 0 Å². The number of aryl methyl sites for hydroxylation is 1. The molecule has 20 heavy (non-hydrogen) atoms. The molecule has 1 aliphatic rings. The second-order valence-corrected chi connectivity index (χ2v) is 5.72. The van der Waals surface area contributed by atoms with Crippen LogP contribution in [0, 0.1) is 18.8 Å². The zero-order valence-electron chi connectivity index (χ0n) is 11.4. The number of carbonyl (C=O) groups excluding carboxylic acids is 1. The molecule has 5 heteroatoms. The number of anilines is 1. The number of hydrogen-bond acceptors (Lipinski definition) is 2. The van der Waals surface area contributed by atoms with Crippen molar-refractivity contribution in [1.82, 2.24) is 0 Å². The second-order valence-electron chi connectivity index (χ2n) is 5.28. The molecule has 0 unspecified atom stereocenters. The molecule has 0 heterocycles. The van der Waals surface area contributed by atoms with Crippen LogP contribution in [0.5, 0.6) is 0 Å². The van der Waals surface area contributed by atoms with E-state index in [2.05, 4.69) is 5.32 Å². The first kappa shape index (κ1) is 14.9. The highest BCUT2D eigenvalue weighted by molar-refractivity contribution is 6.31. The first-order valence-corrected chi connectivity index (χ1v) is 7.16. The van der Waals surface area contributed by atoms with Crippen molar-refractivity contribution in [1.29, 1.82) is 0 Å². The number of carboxylic acid groups (broad SMARTS) is 1. The average molecular weight is 296 g/mol. The van der Waals surface area contributed by atoms with Gasteiger partial charge in [0.1, 0.15) is 0 Å². The molecular weight excluding hydrogens is 278 g/mol. The van der Waals surface area contributed by atoms with Crippen LogP contribution in [0.1, 0.15) is 31.2 Å². The molecule has 2 N–H and O–H groups in total. The van der Waals surface area contributed by atoms with Crippen LogP contribution in [0.4, 0.5) is 5.69 Å². The molecule has 4 nitrogen and oxygen atoms in total. The van der Waals surface area contributed by atoms with Gasteiger partial charge in [0.15, 0.2) is 0 Å². The number of hydrogen-bond donors (Lipinski definition) is 2. The van der Waals surface area contributed by atoms with Crippen molar-refractivity contribution in [2.24, 2.45) is 11.8 Å². The Morgan fingerprint density at radius 1 is 1.25 bits per heavy atom. The fourth-order valence-electron chi connectivity index (χ4n) is 2.69. The molecule has 2 rings (SSSR count). The Hall–Kier alpha value is -1.55. The van der Waals surface area contributed by atoms with Gasteiger partial charge in [-0.25, -0.2) is 0 Å². The molecular formula is C15H18ClNO3. The highest BCUT2D eigenvalue weighted by atomic mass is 35.5. The summed E-state index contributed by atoms with van der Waals surface area (Å²) in [7, 11) is 0. The summed E-state index contributed by atoms with van der Waals surface area (Å²) in [6, 6.07) is 5.27. The molecule has 1 fully saturated rings. The van der Waals surface area contributed by atoms with E-state index in [0.717, 1.165) is 18.4 Å². The Labute approximate surface area is 123 Å². The van der Waals surface area contributed by atoms with Gasteiger partial charge in [-0.15, -0.1) is 0 Å². The van der Waals surface area contributed by atoms with Crippen molar-refractivity contribution in [3.8, 4) is 0 Å². The predicted molar refractivity (Wildman–Crippen MR) is 77.9 cm³/mol. The number of rotatable bonds is 3. The van der Waals surface area contributed by atoms with Gasteiger partial charge in [-0.2, -0.15) is 0 Å². The first-order chi connectivity index (χ1) is 9.49. The van der Waals surface area contributed by atoms with E-state index in [4.69, 9.17) is 11.6 Å². The maximum absolute atomic E-state index is 12.3. The normalized spacial score (nSPS) is 22.3. The summed E-state index contributed by atoms with van der Waals surface area (Å²) in [5.41, 5.74) is 1.56. The van der Waals surface area contributed by atoms with Crippen LogP contribution in [0.2, 0.25) is 5.02 Å². The lowest BCUT2D eigenvalue weighted by atomic mass is 9.78. The smallest absolute Gasteiger partial charge is 0.307 e. The van der Waals surface area contributed by atoms with Crippen LogP contribution in [0.3, 0.4) is 0 Å². The summed E-state index contributed by atoms with van der Waals surface area (Å²) in [4.78, 5) is 23.6. The number of carboxylic acids is 1. The Bertz CT molecular complexity index is 530. The third-order valence-corrected chi connectivity index (χ3v) is 4.11. The molecule has 1 saturated carbocycles. The Morgan fingerprint density at radius 3 is 2.55 bits per heavy atom. The van der Waals surface area contributed by atoms with Gasteiger partial charge in [0.2, 0.25) is 5.91 Å². The molecule has 1 amide bonds. The van der Waals surface area contributed by atoms with Crippen LogP contribution in [0.25, 0.3) is 0 Å². The molecule has 0 aromatic heterocycles. The topological polar surface area (TPSA) is 66.4 Å². The number of carbonyl (C=O) groups is 2. The van der Waals surface area contributed by atoms with Gasteiger partial charge >= 0.3 is 5.97 Å². The third kappa shape index (κ3) is 3.31. The van der Waals surface area contributed by atoms with E-state index >= 15 is 0 Å². The maximum Gasteiger partial charge on any atom is 0.307 e. The van der Waals surface area contributed by atoms with Gasteiger partial charge < -0.3 is 10.4 Å². The van der Waals surface area contributed by atoms with Crippen molar-refractivity contribution in [2.45, 2.75) is 32.6 Å². The SMILES string of the molecule is Cc1ccc(Cl)cc1NC(=O)[C@H]1CCCC[C@@H]1C(=O)O. The van der Waals surface area contributed by atoms with Crippen LogP contribution < -0.4 is 5.32 Å². The van der Waals surface area contributed by atoms with Crippen LogP contribution >= 0.6 is 11.6 Å². The average Bonchev–Trinajstić information content (AvgIpc) is 2.42. The van der Waals surface area contributed by atoms with Gasteiger partial charge in [-0.3, -0.25) is 9.59 Å². The first-order valence-electron chi connectivity index (χ1n) is 6.79. The van der Waals surface area contributed by atoms with Crippen molar-refractivity contribution in [3.05, 3.63) is 28.8 Å². The standard InChI is InChI=1S/C15H18ClNO3/c1-9-6-7-10(16)8-13(9)17-14(18)11-4-2-3-5-12(11)15(19)20/h6-8,11-12H,2-5H2,1H3,(H,17,18)(H,19,20)/t11-,12-/m0/s1. The molecule has 108 valence electrons. The number of halogens is 1. The molecule has 1 aromatic rings. The molecule has 0 aliphatic heterocycles. The highest BCUT2D eigenvalue weighted by Crippen LogP contribution is 2.32. The van der Waals surface area contributed by atoms with Crippen molar-refractivity contribution in [2.75, 3.05) is 5.32 Å². The number of amides is 1. The summed E-state index contributed by atoms with van der Waals surface area (Å²) < 4.78 is 0. The Morgan fingerprint density at radius 2 is 1.90 bits per heavy atom. The van der Waals surface area contributed by atoms with Crippen LogP contribution in [-0.4, -0.2) is 17.0 Å². The lowest BCUT2D eigenvalue weighted by Gasteiger charge is -2.27. The van der Waals surface area contributed by atoms with Crippen LogP contribution in [0.15, 0.2) is 18.2 Å². The fourth-order valence-corrected chi connectivity index (χ4v) is 2.87. The van der Waals surface area contributed by atoms with Gasteiger partial charge in [-0.05, 0) is 37.5 Å². The number of benzene rings is 1. The van der Waals surface area contributed by atoms with E-state index in [1.54, 1.807) is 12.1 Å². The minimum absolute atomic E-state index is 0.220. The van der Waals surface area contributed by atoms with E-state index in [1.807, 2.05) is 13.0 Å². The van der Waals surface area contributed by atoms with Gasteiger partial charge in [0, 0.05) is 10.7 Å². The van der Waals surface area contributed by atoms with Gasteiger partial charge in [0.25, 0.3) is 0 Å². The van der Waals surface area contributed by atoms with Crippen molar-refractivity contribution < 1.29 is 14.7 Å². The maximum atomic E-state index is 12.3. The largest absolute Gasteiger partial charge is 0.481 e. The predicted octanol–water partition coefficient (Wildman–Crippen LogP) is 3.48. The van der Waals surface area contributed by atoms with E-state index in [-0.39, 0.29) is 5.91 Å². The van der Waals surface area contributed by atoms with Gasteiger partial charge in [-0.1, -0.05) is 30.5 Å². The lowest BCUT2D eigenvalue weighted by Crippen LogP contribution is -2.36. The minimum atomic E-state index is -0.882. The van der Waals surface area contributed by atoms with E-state index in [9.17, 15) is 14.7 Å². The summed E-state index contributed by atoms with van der Waals surface area (Å²) in [5.74, 6) is -2.14. The summed E-state index contributed by atoms with van der Waals surface area (Å²) in [6.07, 6.45) is 2.97. The molecule has 0 radical (unpaired) electrons. The third-order valence-electron chi connectivity index (χ3n) is 3.88. The molecule has 0 spiro atoms. The molecule has 1 aliphatic carbocycles. The molecule has 0 bridgehead atoms. The zero-order chi connectivity index (χ0) is 14.7. The summed E-state index contributed by atoms with van der Waals surface area (Å²) in [6.45, 7) is 1.88. The Kier molecular flexibility index (Phi) is 4.65. The van der Waals surface area contributed by atoms with Gasteiger partial charge in [0.05, 0.1) is 11.8 Å². The van der Waals surface area contributed by atoms with E-state index in [0.29, 0.717) is 23.6 Å². The van der Waals surface area contributed by atoms with E-state index in [1.165, 1.54) is 0 Å². The van der Waals surface area contributed by atoms with Crippen LogP contribution in [-0.2, 0) is 9.59 Å². The second kappa shape index (κ2) is 6.27.